The number of piperazine rings is 1. The van der Waals surface area contributed by atoms with Crippen LogP contribution in [-0.4, -0.2) is 62.5 Å². The summed E-state index contributed by atoms with van der Waals surface area (Å²) < 4.78 is 0. The van der Waals surface area contributed by atoms with Crippen LogP contribution in [0, 0.1) is 0 Å². The van der Waals surface area contributed by atoms with E-state index in [2.05, 4.69) is 22.3 Å². The molecule has 7 heteroatoms. The molecule has 0 aromatic heterocycles. The molecule has 27 heavy (non-hydrogen) atoms. The van der Waals surface area contributed by atoms with Gasteiger partial charge in [0.15, 0.2) is 0 Å². The molecule has 0 saturated carbocycles. The van der Waals surface area contributed by atoms with Gasteiger partial charge in [0, 0.05) is 39.6 Å². The average molecular weight is 370 g/mol. The van der Waals surface area contributed by atoms with Gasteiger partial charge in [0.05, 0.1) is 6.04 Å². The molecule has 0 spiro atoms. The van der Waals surface area contributed by atoms with Crippen LogP contribution < -0.4 is 21.1 Å². The van der Waals surface area contributed by atoms with Gasteiger partial charge in [-0.15, -0.1) is 0 Å². The van der Waals surface area contributed by atoms with E-state index in [0.717, 1.165) is 5.56 Å². The first-order valence-electron chi connectivity index (χ1n) is 9.19. The molecule has 1 heterocycles. The molecule has 7 nitrogen and oxygen atoms in total. The summed E-state index contributed by atoms with van der Waals surface area (Å²) in [7, 11) is 3.98. The Balaban J connectivity index is 1.71. The Kier molecular flexibility index (Phi) is 5.60. The lowest BCUT2D eigenvalue weighted by Crippen LogP contribution is -2.52. The number of likely N-dealkylation sites (N-methyl/N-ethyl adjacent to an activating group) is 1. The van der Waals surface area contributed by atoms with E-state index in [1.807, 2.05) is 37.2 Å². The quantitative estimate of drug-likeness (QED) is 0.754. The maximum atomic E-state index is 12.2. The van der Waals surface area contributed by atoms with Gasteiger partial charge in [-0.3, -0.25) is 14.4 Å². The van der Waals surface area contributed by atoms with Crippen molar-refractivity contribution in [3.63, 3.8) is 0 Å². The second kappa shape index (κ2) is 7.92. The molecule has 0 radical (unpaired) electrons. The normalized spacial score (nSPS) is 16.0. The Morgan fingerprint density at radius 2 is 1.70 bits per heavy atom. The van der Waals surface area contributed by atoms with Crippen LogP contribution in [0.4, 0.5) is 11.4 Å². The number of nitrogens with one attached hydrogen (secondary N) is 1. The molecular weight excluding hydrogens is 344 g/mol. The molecule has 1 N–H and O–H groups in total. The first kappa shape index (κ1) is 19.1. The smallest absolute Gasteiger partial charge is 0.253 e. The summed E-state index contributed by atoms with van der Waals surface area (Å²) in [4.78, 5) is 41.5. The maximum Gasteiger partial charge on any atom is 0.253 e. The first-order chi connectivity index (χ1) is 12.9. The molecule has 2 aromatic rings. The molecule has 3 rings (SSSR count). The molecule has 0 unspecified atom stereocenters. The standard InChI is InChI=1S/C20H26N4O3/c1-14(25)23-9-11-24(12-10-23)18-17(19(26)20(18)27)21-13-16(22(2)3)15-7-5-4-6-8-15/h4-8,16,21H,9-13H2,1-3H3/t16-/m1/s1. The predicted molar refractivity (Wildman–Crippen MR) is 107 cm³/mol. The molecule has 0 bridgehead atoms. The Morgan fingerprint density at radius 3 is 2.26 bits per heavy atom. The van der Waals surface area contributed by atoms with Crippen molar-refractivity contribution in [3.05, 3.63) is 56.3 Å². The van der Waals surface area contributed by atoms with E-state index in [1.54, 1.807) is 11.8 Å². The highest BCUT2D eigenvalue weighted by Gasteiger charge is 2.29. The molecular formula is C20H26N4O3. The van der Waals surface area contributed by atoms with Gasteiger partial charge in [-0.05, 0) is 19.7 Å². The van der Waals surface area contributed by atoms with Crippen LogP contribution in [0.15, 0.2) is 39.9 Å². The van der Waals surface area contributed by atoms with Gasteiger partial charge in [0.2, 0.25) is 5.91 Å². The van der Waals surface area contributed by atoms with Crippen LogP contribution in [0.2, 0.25) is 0 Å². The summed E-state index contributed by atoms with van der Waals surface area (Å²) in [6, 6.07) is 10.1. The molecule has 1 aliphatic rings. The summed E-state index contributed by atoms with van der Waals surface area (Å²) in [5.74, 6) is 0.0367. The maximum absolute atomic E-state index is 12.2. The van der Waals surface area contributed by atoms with Crippen molar-refractivity contribution in [2.45, 2.75) is 13.0 Å². The minimum Gasteiger partial charge on any atom is -0.378 e. The van der Waals surface area contributed by atoms with E-state index in [9.17, 15) is 14.4 Å². The van der Waals surface area contributed by atoms with Crippen LogP contribution in [0.3, 0.4) is 0 Å². The van der Waals surface area contributed by atoms with E-state index < -0.39 is 10.9 Å². The molecule has 2 aromatic carbocycles. The lowest BCUT2D eigenvalue weighted by molar-refractivity contribution is -0.129. The number of hydrogen-bond acceptors (Lipinski definition) is 6. The Labute approximate surface area is 158 Å². The number of benzene rings is 1. The van der Waals surface area contributed by atoms with Gasteiger partial charge in [0.25, 0.3) is 10.9 Å². The Bertz CT molecular complexity index is 863. The predicted octanol–water partition coefficient (Wildman–Crippen LogP) is 0.666. The molecule has 1 fully saturated rings. The van der Waals surface area contributed by atoms with Crippen molar-refractivity contribution in [3.8, 4) is 0 Å². The largest absolute Gasteiger partial charge is 0.378 e. The minimum absolute atomic E-state index is 0.0367. The van der Waals surface area contributed by atoms with Crippen molar-refractivity contribution in [1.82, 2.24) is 9.80 Å². The summed E-state index contributed by atoms with van der Waals surface area (Å²) in [6.07, 6.45) is 0. The Hall–Kier alpha value is -2.67. The van der Waals surface area contributed by atoms with Crippen LogP contribution in [0.5, 0.6) is 0 Å². The highest BCUT2D eigenvalue weighted by Crippen LogP contribution is 2.24. The summed E-state index contributed by atoms with van der Waals surface area (Å²) in [6.45, 7) is 4.34. The highest BCUT2D eigenvalue weighted by molar-refractivity contribution is 5.77. The fourth-order valence-corrected chi connectivity index (χ4v) is 3.56. The lowest BCUT2D eigenvalue weighted by Gasteiger charge is -2.37. The average Bonchev–Trinajstić information content (AvgIpc) is 2.67. The number of amides is 1. The van der Waals surface area contributed by atoms with Gasteiger partial charge >= 0.3 is 0 Å². The van der Waals surface area contributed by atoms with Gasteiger partial charge in [0.1, 0.15) is 11.4 Å². The minimum atomic E-state index is -0.454. The zero-order valence-electron chi connectivity index (χ0n) is 16.1. The van der Waals surface area contributed by atoms with Gasteiger partial charge < -0.3 is 20.0 Å². The van der Waals surface area contributed by atoms with Gasteiger partial charge in [-0.2, -0.15) is 0 Å². The fourth-order valence-electron chi connectivity index (χ4n) is 3.56. The number of anilines is 2. The molecule has 0 aliphatic carbocycles. The number of rotatable bonds is 6. The van der Waals surface area contributed by atoms with Gasteiger partial charge in [-0.25, -0.2) is 0 Å². The molecule has 1 saturated heterocycles. The zero-order valence-corrected chi connectivity index (χ0v) is 16.1. The third-order valence-corrected chi connectivity index (χ3v) is 5.21. The van der Waals surface area contributed by atoms with Crippen molar-refractivity contribution in [1.29, 1.82) is 0 Å². The van der Waals surface area contributed by atoms with E-state index in [-0.39, 0.29) is 11.9 Å². The molecule has 1 amide bonds. The third-order valence-electron chi connectivity index (χ3n) is 5.21. The van der Waals surface area contributed by atoms with Crippen LogP contribution in [0.25, 0.3) is 0 Å². The molecule has 1 atom stereocenters. The number of carbonyl (C=O) groups excluding carboxylic acids is 1. The topological polar surface area (TPSA) is 73.0 Å². The van der Waals surface area contributed by atoms with Crippen molar-refractivity contribution in [2.75, 3.05) is 57.0 Å². The molecule has 144 valence electrons. The second-order valence-electron chi connectivity index (χ2n) is 7.15. The number of nitrogens with zero attached hydrogens (tertiary/aromatic N) is 3. The van der Waals surface area contributed by atoms with Crippen molar-refractivity contribution >= 4 is 17.3 Å². The number of carbonyl (C=O) groups is 1. The lowest BCUT2D eigenvalue weighted by atomic mass is 10.1. The van der Waals surface area contributed by atoms with E-state index in [0.29, 0.717) is 44.1 Å². The van der Waals surface area contributed by atoms with E-state index in [4.69, 9.17) is 0 Å². The van der Waals surface area contributed by atoms with Crippen molar-refractivity contribution in [2.24, 2.45) is 0 Å². The SMILES string of the molecule is CC(=O)N1CCN(c2c(NC[C@H](c3ccccc3)N(C)C)c(=O)c2=O)CC1. The third kappa shape index (κ3) is 3.88. The second-order valence-corrected chi connectivity index (χ2v) is 7.15. The highest BCUT2D eigenvalue weighted by atomic mass is 16.2. The zero-order chi connectivity index (χ0) is 19.6. The van der Waals surface area contributed by atoms with Gasteiger partial charge in [-0.1, -0.05) is 30.3 Å². The van der Waals surface area contributed by atoms with E-state index >= 15 is 0 Å². The van der Waals surface area contributed by atoms with Crippen LogP contribution >= 0.6 is 0 Å². The summed E-state index contributed by atoms with van der Waals surface area (Å²) in [5, 5.41) is 3.21. The monoisotopic (exact) mass is 370 g/mol. The molecule has 1 aliphatic heterocycles. The fraction of sp³-hybridized carbons (Fsp3) is 0.450. The van der Waals surface area contributed by atoms with E-state index in [1.165, 1.54) is 0 Å². The first-order valence-corrected chi connectivity index (χ1v) is 9.19. The summed E-state index contributed by atoms with van der Waals surface area (Å²) >= 11 is 0. The Morgan fingerprint density at radius 1 is 1.07 bits per heavy atom. The summed E-state index contributed by atoms with van der Waals surface area (Å²) in [5.41, 5.74) is 1.12. The van der Waals surface area contributed by atoms with Crippen molar-refractivity contribution < 1.29 is 4.79 Å². The number of hydrogen-bond donors (Lipinski definition) is 1. The van der Waals surface area contributed by atoms with Crippen LogP contribution in [-0.2, 0) is 4.79 Å². The van der Waals surface area contributed by atoms with Crippen LogP contribution in [0.1, 0.15) is 18.5 Å².